The van der Waals surface area contributed by atoms with Crippen LogP contribution in [0.3, 0.4) is 0 Å². The fraction of sp³-hybridized carbons (Fsp3) is 0.805. The number of carboxylic acid groups (broad SMARTS) is 3. The predicted molar refractivity (Wildman–Crippen MR) is 228 cm³/mol. The molecule has 3 atom stereocenters. The summed E-state index contributed by atoms with van der Waals surface area (Å²) in [6, 6.07) is -2.94. The van der Waals surface area contributed by atoms with Gasteiger partial charge in [0.2, 0.25) is 23.6 Å². The number of thioether (sulfide) groups is 1. The summed E-state index contributed by atoms with van der Waals surface area (Å²) >= 11 is 1.39. The summed E-state index contributed by atoms with van der Waals surface area (Å²) in [5.41, 5.74) is 0. The molecule has 0 heterocycles. The van der Waals surface area contributed by atoms with Crippen molar-refractivity contribution in [3.05, 3.63) is 0 Å². The molecule has 18 nitrogen and oxygen atoms in total. The minimum absolute atomic E-state index is 0.138. The number of hydrogen-bond donors (Lipinski definition) is 8. The molecular weight excluding hydrogens is 803 g/mol. The standard InChI is InChI=1S/C41H73N5O13S/c1-3-16-34(47)33(42-2)29-60-30-38(51)44-24-26-59-28-27-58-25-23-43-35(48)21-19-31(40(54)55)46-37(50)22-20-32(41(56)57)45-36(49)17-14-12-10-8-6-4-5-7-9-11-13-15-18-39(52)53/h31-33,42H,3-30H2,1-2H3,(H,43,48)(H,44,51)(H,45,49)(H,46,50)(H,52,53)(H,54,55)(H,56,57). The zero-order valence-electron chi connectivity index (χ0n) is 35.9. The molecule has 0 aromatic carbocycles. The first kappa shape index (κ1) is 56.2. The molecule has 0 aromatic rings. The van der Waals surface area contributed by atoms with Crippen LogP contribution in [0.25, 0.3) is 0 Å². The zero-order valence-corrected chi connectivity index (χ0v) is 36.7. The highest BCUT2D eigenvalue weighted by Gasteiger charge is 2.24. The van der Waals surface area contributed by atoms with Crippen LogP contribution >= 0.6 is 11.8 Å². The Morgan fingerprint density at radius 3 is 1.40 bits per heavy atom. The fourth-order valence-corrected chi connectivity index (χ4v) is 6.94. The lowest BCUT2D eigenvalue weighted by molar-refractivity contribution is -0.143. The van der Waals surface area contributed by atoms with Crippen LogP contribution in [0.4, 0.5) is 0 Å². The van der Waals surface area contributed by atoms with Crippen LogP contribution < -0.4 is 26.6 Å². The molecule has 8 N–H and O–H groups in total. The lowest BCUT2D eigenvalue weighted by atomic mass is 10.0. The molecule has 3 unspecified atom stereocenters. The molecule has 0 spiro atoms. The quantitative estimate of drug-likeness (QED) is 0.0409. The number of likely N-dealkylation sites (N-methyl/N-ethyl adjacent to an activating group) is 1. The SMILES string of the molecule is CCCC(=O)C(CSCC(=O)NCCOCCOCCNC(=O)CCC(NC(=O)CCC(NC(=O)CCCCCCCCCCCCCCC(=O)O)C(=O)O)C(=O)O)NC. The number of carbonyl (C=O) groups excluding carboxylic acids is 5. The van der Waals surface area contributed by atoms with Crippen molar-refractivity contribution < 1.29 is 63.1 Å². The van der Waals surface area contributed by atoms with E-state index in [2.05, 4.69) is 26.6 Å². The molecule has 346 valence electrons. The predicted octanol–water partition coefficient (Wildman–Crippen LogP) is 3.19. The maximum Gasteiger partial charge on any atom is 0.326 e. The number of nitrogens with one attached hydrogen (secondary N) is 5. The summed E-state index contributed by atoms with van der Waals surface area (Å²) in [5, 5.41) is 40.8. The average Bonchev–Trinajstić information content (AvgIpc) is 3.20. The van der Waals surface area contributed by atoms with Gasteiger partial charge in [0.25, 0.3) is 0 Å². The van der Waals surface area contributed by atoms with E-state index in [1.807, 2.05) is 6.92 Å². The first-order valence-electron chi connectivity index (χ1n) is 21.5. The van der Waals surface area contributed by atoms with E-state index in [0.29, 0.717) is 25.1 Å². The highest BCUT2D eigenvalue weighted by atomic mass is 32.2. The fourth-order valence-electron chi connectivity index (χ4n) is 5.94. The van der Waals surface area contributed by atoms with Gasteiger partial charge in [0.05, 0.1) is 38.2 Å². The van der Waals surface area contributed by atoms with E-state index >= 15 is 0 Å². The van der Waals surface area contributed by atoms with Crippen LogP contribution in [-0.2, 0) is 47.8 Å². The van der Waals surface area contributed by atoms with Gasteiger partial charge in [-0.25, -0.2) is 9.59 Å². The van der Waals surface area contributed by atoms with Crippen molar-refractivity contribution in [2.24, 2.45) is 0 Å². The Morgan fingerprint density at radius 2 is 0.950 bits per heavy atom. The number of hydrogen-bond acceptors (Lipinski definition) is 12. The van der Waals surface area contributed by atoms with E-state index < -0.39 is 47.7 Å². The Bertz CT molecular complexity index is 1260. The summed E-state index contributed by atoms with van der Waals surface area (Å²) in [6.07, 6.45) is 12.6. The normalized spacial score (nSPS) is 12.5. The molecule has 60 heavy (non-hydrogen) atoms. The van der Waals surface area contributed by atoms with Crippen LogP contribution in [0.2, 0.25) is 0 Å². The molecule has 0 saturated heterocycles. The van der Waals surface area contributed by atoms with Gasteiger partial charge in [-0.2, -0.15) is 0 Å². The molecule has 0 radical (unpaired) electrons. The van der Waals surface area contributed by atoms with E-state index in [9.17, 15) is 48.6 Å². The average molecular weight is 876 g/mol. The number of carboxylic acids is 3. The molecule has 0 aliphatic carbocycles. The van der Waals surface area contributed by atoms with Gasteiger partial charge in [-0.15, -0.1) is 11.8 Å². The van der Waals surface area contributed by atoms with Gasteiger partial charge in [0.15, 0.2) is 5.78 Å². The third-order valence-corrected chi connectivity index (χ3v) is 10.4. The monoisotopic (exact) mass is 875 g/mol. The van der Waals surface area contributed by atoms with E-state index in [1.165, 1.54) is 11.8 Å². The summed E-state index contributed by atoms with van der Waals surface area (Å²) in [4.78, 5) is 95.0. The van der Waals surface area contributed by atoms with Crippen LogP contribution in [0.15, 0.2) is 0 Å². The summed E-state index contributed by atoms with van der Waals surface area (Å²) < 4.78 is 10.8. The Balaban J connectivity index is 4.05. The van der Waals surface area contributed by atoms with Crippen molar-refractivity contribution in [1.82, 2.24) is 26.6 Å². The minimum Gasteiger partial charge on any atom is -0.481 e. The van der Waals surface area contributed by atoms with E-state index in [0.717, 1.165) is 77.0 Å². The van der Waals surface area contributed by atoms with Crippen LogP contribution in [0.1, 0.15) is 135 Å². The molecule has 0 aliphatic heterocycles. The lowest BCUT2D eigenvalue weighted by Gasteiger charge is -2.17. The first-order valence-corrected chi connectivity index (χ1v) is 22.7. The van der Waals surface area contributed by atoms with Gasteiger partial charge in [0.1, 0.15) is 12.1 Å². The third-order valence-electron chi connectivity index (χ3n) is 9.39. The maximum atomic E-state index is 12.5. The van der Waals surface area contributed by atoms with Gasteiger partial charge in [-0.05, 0) is 39.2 Å². The number of Topliss-reactive ketones (excluding diaryl/α,β-unsaturated/α-hetero) is 1. The molecule has 19 heteroatoms. The van der Waals surface area contributed by atoms with Crippen molar-refractivity contribution in [2.75, 3.05) is 58.1 Å². The second-order valence-electron chi connectivity index (χ2n) is 14.6. The van der Waals surface area contributed by atoms with E-state index in [4.69, 9.17) is 14.6 Å². The summed E-state index contributed by atoms with van der Waals surface area (Å²) in [5.74, 6) is -4.23. The molecule has 0 saturated carbocycles. The minimum atomic E-state index is -1.37. The second-order valence-corrected chi connectivity index (χ2v) is 15.7. The van der Waals surface area contributed by atoms with Gasteiger partial charge in [-0.3, -0.25) is 28.8 Å². The number of ketones is 1. The number of aliphatic carboxylic acids is 3. The molecular formula is C41H73N5O13S. The Hall–Kier alpha value is -3.81. The van der Waals surface area contributed by atoms with Crippen molar-refractivity contribution in [3.63, 3.8) is 0 Å². The summed E-state index contributed by atoms with van der Waals surface area (Å²) in [6.45, 7) is 3.42. The second kappa shape index (κ2) is 38.1. The number of unbranched alkanes of at least 4 members (excludes halogenated alkanes) is 11. The number of carbonyl (C=O) groups is 8. The molecule has 0 bridgehead atoms. The van der Waals surface area contributed by atoms with Crippen LogP contribution in [-0.4, -0.2) is 139 Å². The van der Waals surface area contributed by atoms with E-state index in [-0.39, 0.29) is 95.0 Å². The van der Waals surface area contributed by atoms with Crippen LogP contribution in [0, 0.1) is 0 Å². The zero-order chi connectivity index (χ0) is 44.8. The van der Waals surface area contributed by atoms with Gasteiger partial charge in [0, 0.05) is 50.9 Å². The Labute approximate surface area is 359 Å². The summed E-state index contributed by atoms with van der Waals surface area (Å²) in [7, 11) is 1.73. The number of ether oxygens (including phenoxy) is 2. The lowest BCUT2D eigenvalue weighted by Crippen LogP contribution is -2.44. The molecule has 0 fully saturated rings. The molecule has 0 aromatic heterocycles. The number of amides is 4. The number of rotatable bonds is 42. The van der Waals surface area contributed by atoms with Gasteiger partial charge in [-0.1, -0.05) is 71.1 Å². The Morgan fingerprint density at radius 1 is 0.517 bits per heavy atom. The molecule has 4 amide bonds. The third kappa shape index (κ3) is 34.0. The van der Waals surface area contributed by atoms with Crippen molar-refractivity contribution in [2.45, 2.75) is 153 Å². The molecule has 0 aliphatic rings. The van der Waals surface area contributed by atoms with Crippen molar-refractivity contribution in [1.29, 1.82) is 0 Å². The van der Waals surface area contributed by atoms with Crippen molar-refractivity contribution >= 4 is 59.1 Å². The molecule has 0 rings (SSSR count). The largest absolute Gasteiger partial charge is 0.481 e. The van der Waals surface area contributed by atoms with Gasteiger partial charge >= 0.3 is 17.9 Å². The topological polar surface area (TPSA) is 276 Å². The van der Waals surface area contributed by atoms with Crippen LogP contribution in [0.5, 0.6) is 0 Å². The highest BCUT2D eigenvalue weighted by Crippen LogP contribution is 2.13. The first-order chi connectivity index (χ1) is 28.8. The van der Waals surface area contributed by atoms with Crippen molar-refractivity contribution in [3.8, 4) is 0 Å². The Kier molecular flexibility index (Phi) is 35.7. The maximum absolute atomic E-state index is 12.5. The smallest absolute Gasteiger partial charge is 0.326 e. The highest BCUT2D eigenvalue weighted by molar-refractivity contribution is 8.00. The van der Waals surface area contributed by atoms with E-state index in [1.54, 1.807) is 7.05 Å². The van der Waals surface area contributed by atoms with Gasteiger partial charge < -0.3 is 51.4 Å².